The third-order valence-corrected chi connectivity index (χ3v) is 5.92. The third-order valence-electron chi connectivity index (χ3n) is 4.94. The quantitative estimate of drug-likeness (QED) is 0.593. The molecule has 1 saturated heterocycles. The van der Waals surface area contributed by atoms with E-state index in [-0.39, 0.29) is 25.5 Å². The zero-order valence-corrected chi connectivity index (χ0v) is 18.2. The summed E-state index contributed by atoms with van der Waals surface area (Å²) in [5, 5.41) is 8.45. The number of nitrogens with zero attached hydrogens (tertiary/aromatic N) is 3. The fourth-order valence-corrected chi connectivity index (χ4v) is 4.46. The average molecular weight is 451 g/mol. The Kier molecular flexibility index (Phi) is 7.50. The topological polar surface area (TPSA) is 52.2 Å². The zero-order chi connectivity index (χ0) is 22.4. The maximum atomic E-state index is 13.2. The number of aromatic amines is 1. The van der Waals surface area contributed by atoms with E-state index in [9.17, 15) is 18.0 Å². The second-order valence-electron chi connectivity index (χ2n) is 6.96. The Morgan fingerprint density at radius 3 is 2.61 bits per heavy atom. The number of benzene rings is 1. The minimum atomic E-state index is -4.26. The van der Waals surface area contributed by atoms with E-state index in [2.05, 4.69) is 10.2 Å². The third kappa shape index (κ3) is 5.74. The number of hydrogen-bond acceptors (Lipinski definition) is 4. The van der Waals surface area contributed by atoms with E-state index in [1.54, 1.807) is 22.7 Å². The lowest BCUT2D eigenvalue weighted by Crippen LogP contribution is -2.52. The minimum absolute atomic E-state index is 0.147. The van der Waals surface area contributed by atoms with Crippen LogP contribution in [0.5, 0.6) is 0 Å². The van der Waals surface area contributed by atoms with Crippen molar-refractivity contribution in [1.29, 1.82) is 0 Å². The number of thiophene rings is 1. The van der Waals surface area contributed by atoms with Gasteiger partial charge in [0, 0.05) is 41.7 Å². The van der Waals surface area contributed by atoms with Gasteiger partial charge in [0.15, 0.2) is 0 Å². The van der Waals surface area contributed by atoms with E-state index in [0.717, 1.165) is 16.0 Å². The summed E-state index contributed by atoms with van der Waals surface area (Å²) < 4.78 is 38.7. The van der Waals surface area contributed by atoms with Gasteiger partial charge in [-0.05, 0) is 11.6 Å². The van der Waals surface area contributed by atoms with Gasteiger partial charge in [0.2, 0.25) is 0 Å². The van der Waals surface area contributed by atoms with Crippen molar-refractivity contribution in [2.75, 3.05) is 26.2 Å². The number of carbonyl (C=O) groups excluding carboxylic acids is 1. The molecule has 3 heterocycles. The highest BCUT2D eigenvalue weighted by atomic mass is 32.1. The maximum absolute atomic E-state index is 13.2. The Bertz CT molecular complexity index is 957. The maximum Gasteiger partial charge on any atom is 0.401 e. The van der Waals surface area contributed by atoms with Gasteiger partial charge in [0.05, 0.1) is 24.3 Å². The number of amides is 1. The van der Waals surface area contributed by atoms with Crippen LogP contribution >= 0.6 is 11.3 Å². The van der Waals surface area contributed by atoms with Gasteiger partial charge in [0.1, 0.15) is 0 Å². The van der Waals surface area contributed by atoms with Crippen LogP contribution in [-0.4, -0.2) is 58.3 Å². The molecule has 0 radical (unpaired) electrons. The molecule has 1 N–H and O–H groups in total. The number of aromatic nitrogens is 2. The molecule has 9 heteroatoms. The van der Waals surface area contributed by atoms with E-state index in [0.29, 0.717) is 5.56 Å². The van der Waals surface area contributed by atoms with Crippen molar-refractivity contribution in [3.63, 3.8) is 0 Å². The Hall–Kier alpha value is -2.65. The highest BCUT2D eigenvalue weighted by molar-refractivity contribution is 7.13. The van der Waals surface area contributed by atoms with E-state index < -0.39 is 18.8 Å². The SMILES string of the molecule is CC.O=C(c1csc(-c2cn[nH]c2)c1)N1CCN(CC(F)(F)F)CC1c1ccccc1. The predicted molar refractivity (Wildman–Crippen MR) is 116 cm³/mol. The molecule has 1 aliphatic rings. The van der Waals surface area contributed by atoms with E-state index in [1.165, 1.54) is 16.2 Å². The summed E-state index contributed by atoms with van der Waals surface area (Å²) in [6, 6.07) is 10.6. The number of halogens is 3. The van der Waals surface area contributed by atoms with Gasteiger partial charge in [-0.3, -0.25) is 14.8 Å². The summed E-state index contributed by atoms with van der Waals surface area (Å²) in [6.07, 6.45) is -0.828. The second-order valence-corrected chi connectivity index (χ2v) is 7.87. The standard InChI is InChI=1S/C20H19F3N4OS.C2H6/c21-20(22,23)13-26-6-7-27(17(11-26)14-4-2-1-3-5-14)19(28)15-8-18(29-12-15)16-9-24-25-10-16;1-2/h1-5,8-10,12,17H,6-7,11,13H2,(H,24,25);1-2H3. The molecule has 0 spiro atoms. The van der Waals surface area contributed by atoms with Crippen LogP contribution in [0.3, 0.4) is 0 Å². The first-order valence-corrected chi connectivity index (χ1v) is 11.0. The normalized spacial score (nSPS) is 17.2. The highest BCUT2D eigenvalue weighted by Gasteiger charge is 2.37. The second kappa shape index (κ2) is 10.1. The molecule has 1 unspecified atom stereocenters. The van der Waals surface area contributed by atoms with Gasteiger partial charge in [-0.25, -0.2) is 0 Å². The van der Waals surface area contributed by atoms with Crippen molar-refractivity contribution < 1.29 is 18.0 Å². The molecule has 3 aromatic rings. The number of rotatable bonds is 4. The molecular weight excluding hydrogens is 425 g/mol. The molecule has 2 aromatic heterocycles. The van der Waals surface area contributed by atoms with E-state index >= 15 is 0 Å². The number of hydrogen-bond donors (Lipinski definition) is 1. The smallest absolute Gasteiger partial charge is 0.329 e. The molecule has 4 rings (SSSR count). The lowest BCUT2D eigenvalue weighted by Gasteiger charge is -2.41. The van der Waals surface area contributed by atoms with E-state index in [1.807, 2.05) is 50.2 Å². The molecule has 5 nitrogen and oxygen atoms in total. The molecular formula is C22H25F3N4OS. The van der Waals surface area contributed by atoms with Crippen LogP contribution in [0.25, 0.3) is 10.4 Å². The van der Waals surface area contributed by atoms with Crippen LogP contribution in [0.15, 0.2) is 54.2 Å². The Labute approximate surface area is 183 Å². The van der Waals surface area contributed by atoms with Crippen molar-refractivity contribution in [3.8, 4) is 10.4 Å². The molecule has 0 aliphatic carbocycles. The van der Waals surface area contributed by atoms with Gasteiger partial charge in [-0.1, -0.05) is 44.2 Å². The van der Waals surface area contributed by atoms with E-state index in [4.69, 9.17) is 0 Å². The number of H-pyrrole nitrogens is 1. The summed E-state index contributed by atoms with van der Waals surface area (Å²) in [4.78, 5) is 17.2. The van der Waals surface area contributed by atoms with Crippen LogP contribution in [0.4, 0.5) is 13.2 Å². The fraction of sp³-hybridized carbons (Fsp3) is 0.364. The molecule has 166 valence electrons. The summed E-state index contributed by atoms with van der Waals surface area (Å²) in [5.41, 5.74) is 2.26. The molecule has 31 heavy (non-hydrogen) atoms. The average Bonchev–Trinajstić information content (AvgIpc) is 3.46. The lowest BCUT2D eigenvalue weighted by molar-refractivity contribution is -0.150. The van der Waals surface area contributed by atoms with Crippen LogP contribution in [0.1, 0.15) is 35.8 Å². The molecule has 0 bridgehead atoms. The summed E-state index contributed by atoms with van der Waals surface area (Å²) in [7, 11) is 0. The molecule has 1 amide bonds. The number of piperazine rings is 1. The number of alkyl halides is 3. The van der Waals surface area contributed by atoms with Gasteiger partial charge < -0.3 is 4.90 Å². The van der Waals surface area contributed by atoms with Crippen molar-refractivity contribution in [2.45, 2.75) is 26.1 Å². The predicted octanol–water partition coefficient (Wildman–Crippen LogP) is 5.23. The molecule has 1 fully saturated rings. The number of nitrogens with one attached hydrogen (secondary N) is 1. The zero-order valence-electron chi connectivity index (χ0n) is 17.4. The van der Waals surface area contributed by atoms with Gasteiger partial charge >= 0.3 is 6.18 Å². The Balaban J connectivity index is 0.00000132. The van der Waals surface area contributed by atoms with Crippen molar-refractivity contribution in [1.82, 2.24) is 20.0 Å². The van der Waals surface area contributed by atoms with Crippen LogP contribution < -0.4 is 0 Å². The summed E-state index contributed by atoms with van der Waals surface area (Å²) in [6.45, 7) is 3.61. The van der Waals surface area contributed by atoms with Crippen molar-refractivity contribution >= 4 is 17.2 Å². The summed E-state index contributed by atoms with van der Waals surface area (Å²) >= 11 is 1.44. The molecule has 0 saturated carbocycles. The van der Waals surface area contributed by atoms with Gasteiger partial charge in [-0.2, -0.15) is 18.3 Å². The van der Waals surface area contributed by atoms with Crippen LogP contribution in [0, 0.1) is 0 Å². The minimum Gasteiger partial charge on any atom is -0.329 e. The van der Waals surface area contributed by atoms with Crippen LogP contribution in [-0.2, 0) is 0 Å². The van der Waals surface area contributed by atoms with Crippen molar-refractivity contribution in [2.24, 2.45) is 0 Å². The summed E-state index contributed by atoms with van der Waals surface area (Å²) in [5.74, 6) is -0.170. The van der Waals surface area contributed by atoms with Gasteiger partial charge in [-0.15, -0.1) is 11.3 Å². The van der Waals surface area contributed by atoms with Crippen molar-refractivity contribution in [3.05, 3.63) is 65.3 Å². The monoisotopic (exact) mass is 450 g/mol. The molecule has 1 aromatic carbocycles. The first-order chi connectivity index (χ1) is 14.9. The highest BCUT2D eigenvalue weighted by Crippen LogP contribution is 2.32. The Morgan fingerprint density at radius 2 is 1.97 bits per heavy atom. The largest absolute Gasteiger partial charge is 0.401 e. The van der Waals surface area contributed by atoms with Crippen LogP contribution in [0.2, 0.25) is 0 Å². The molecule has 1 aliphatic heterocycles. The Morgan fingerprint density at radius 1 is 1.23 bits per heavy atom. The first-order valence-electron chi connectivity index (χ1n) is 10.1. The first kappa shape index (κ1) is 23.0. The molecule has 1 atom stereocenters. The lowest BCUT2D eigenvalue weighted by atomic mass is 10.0. The number of carbonyl (C=O) groups is 1. The van der Waals surface area contributed by atoms with Gasteiger partial charge in [0.25, 0.3) is 5.91 Å². The fourth-order valence-electron chi connectivity index (χ4n) is 3.59.